The monoisotopic (exact) mass is 906 g/mol. The summed E-state index contributed by atoms with van der Waals surface area (Å²) in [5.74, 6) is -0.578. The predicted molar refractivity (Wildman–Crippen MR) is 279 cm³/mol. The minimum Gasteiger partial charge on any atom is -0.394 e. The largest absolute Gasteiger partial charge is 0.394 e. The van der Waals surface area contributed by atoms with Crippen LogP contribution in [0, 0.1) is 0 Å². The number of hydrogen-bond donors (Lipinski definition) is 5. The molecule has 64 heavy (non-hydrogen) atoms. The van der Waals surface area contributed by atoms with E-state index in [4.69, 9.17) is 0 Å². The van der Waals surface area contributed by atoms with Gasteiger partial charge in [0, 0.05) is 0 Å². The van der Waals surface area contributed by atoms with Crippen molar-refractivity contribution in [3.63, 3.8) is 0 Å². The van der Waals surface area contributed by atoms with Gasteiger partial charge in [0.05, 0.1) is 18.8 Å². The van der Waals surface area contributed by atoms with Crippen LogP contribution in [0.4, 0.5) is 0 Å². The number of amides is 1. The van der Waals surface area contributed by atoms with E-state index in [9.17, 15) is 25.2 Å². The van der Waals surface area contributed by atoms with Gasteiger partial charge in [-0.2, -0.15) is 0 Å². The summed E-state index contributed by atoms with van der Waals surface area (Å²) < 4.78 is 0. The van der Waals surface area contributed by atoms with Gasteiger partial charge in [0.2, 0.25) is 5.91 Å². The topological polar surface area (TPSA) is 110 Å². The Morgan fingerprint density at radius 3 is 0.906 bits per heavy atom. The van der Waals surface area contributed by atoms with E-state index in [1.807, 2.05) is 0 Å². The van der Waals surface area contributed by atoms with Crippen LogP contribution in [0.3, 0.4) is 0 Å². The average molecular weight is 907 g/mol. The Bertz CT molecular complexity index is 928. The smallest absolute Gasteiger partial charge is 0.249 e. The summed E-state index contributed by atoms with van der Waals surface area (Å²) in [6.07, 6.45) is 62.8. The summed E-state index contributed by atoms with van der Waals surface area (Å²) in [6.45, 7) is 4.10. The molecular formula is C58H115NO5. The van der Waals surface area contributed by atoms with Crippen LogP contribution in [-0.4, -0.2) is 57.3 Å². The number of aliphatic hydroxyl groups excluding tert-OH is 4. The van der Waals surface area contributed by atoms with Gasteiger partial charge in [-0.05, 0) is 38.5 Å². The zero-order valence-electron chi connectivity index (χ0n) is 43.3. The lowest BCUT2D eigenvalue weighted by Gasteiger charge is -2.27. The average Bonchev–Trinajstić information content (AvgIpc) is 3.30. The molecule has 0 aliphatic carbocycles. The van der Waals surface area contributed by atoms with Crippen LogP contribution in [0.25, 0.3) is 0 Å². The van der Waals surface area contributed by atoms with Crippen molar-refractivity contribution in [1.82, 2.24) is 5.32 Å². The second-order valence-corrected chi connectivity index (χ2v) is 20.3. The van der Waals surface area contributed by atoms with E-state index in [-0.39, 0.29) is 0 Å². The Kier molecular flexibility index (Phi) is 52.2. The molecule has 0 saturated carbocycles. The third kappa shape index (κ3) is 46.2. The molecule has 0 bridgehead atoms. The molecule has 1 amide bonds. The fraction of sp³-hybridized carbons (Fsp3) is 0.948. The molecule has 0 spiro atoms. The number of nitrogens with one attached hydrogen (secondary N) is 1. The van der Waals surface area contributed by atoms with Crippen molar-refractivity contribution < 1.29 is 25.2 Å². The van der Waals surface area contributed by atoms with Gasteiger partial charge < -0.3 is 25.7 Å². The number of aliphatic hydroxyl groups is 4. The quantitative estimate of drug-likeness (QED) is 0.0308. The van der Waals surface area contributed by atoms with E-state index in [1.54, 1.807) is 0 Å². The molecule has 6 nitrogen and oxygen atoms in total. The lowest BCUT2D eigenvalue weighted by atomic mass is 9.99. The number of hydrogen-bond acceptors (Lipinski definition) is 5. The van der Waals surface area contributed by atoms with Gasteiger partial charge in [-0.3, -0.25) is 4.79 Å². The van der Waals surface area contributed by atoms with Crippen molar-refractivity contribution >= 4 is 5.91 Å². The molecule has 0 saturated heterocycles. The van der Waals surface area contributed by atoms with Crippen molar-refractivity contribution in [1.29, 1.82) is 0 Å². The summed E-state index contributed by atoms with van der Waals surface area (Å²) in [4.78, 5) is 12.6. The first-order valence-corrected chi connectivity index (χ1v) is 29.1. The van der Waals surface area contributed by atoms with Crippen LogP contribution in [0.2, 0.25) is 0 Å². The molecule has 4 atom stereocenters. The highest BCUT2D eigenvalue weighted by atomic mass is 16.3. The third-order valence-electron chi connectivity index (χ3n) is 14.0. The molecule has 6 heteroatoms. The summed E-state index contributed by atoms with van der Waals surface area (Å²) >= 11 is 0. The maximum absolute atomic E-state index is 12.6. The van der Waals surface area contributed by atoms with Crippen molar-refractivity contribution in [2.24, 2.45) is 0 Å². The normalized spacial score (nSPS) is 13.8. The van der Waals surface area contributed by atoms with E-state index in [0.29, 0.717) is 12.8 Å². The van der Waals surface area contributed by atoms with E-state index in [2.05, 4.69) is 31.3 Å². The van der Waals surface area contributed by atoms with Gasteiger partial charge in [0.25, 0.3) is 0 Å². The molecular weight excluding hydrogens is 791 g/mol. The summed E-state index contributed by atoms with van der Waals surface area (Å²) in [5.41, 5.74) is 0. The Morgan fingerprint density at radius 2 is 0.625 bits per heavy atom. The fourth-order valence-corrected chi connectivity index (χ4v) is 9.40. The Balaban J connectivity index is 3.58. The third-order valence-corrected chi connectivity index (χ3v) is 14.0. The SMILES string of the molecule is CCCCCCCCCCCCCC/C=C\CCCCCCCCCCCCCCCC(O)C(=O)NC(CO)C(O)C(O)CCCCCCCCCCCCCCCCCCCCC. The van der Waals surface area contributed by atoms with Crippen molar-refractivity contribution in [2.45, 2.75) is 346 Å². The minimum atomic E-state index is -1.26. The minimum absolute atomic E-state index is 0.373. The first-order valence-electron chi connectivity index (χ1n) is 29.1. The van der Waals surface area contributed by atoms with Gasteiger partial charge in [0.15, 0.2) is 0 Å². The molecule has 4 unspecified atom stereocenters. The van der Waals surface area contributed by atoms with Crippen LogP contribution in [-0.2, 0) is 4.79 Å². The molecule has 382 valence electrons. The van der Waals surface area contributed by atoms with E-state index < -0.39 is 36.9 Å². The Morgan fingerprint density at radius 1 is 0.375 bits per heavy atom. The number of carbonyl (C=O) groups is 1. The Labute approximate surface area is 400 Å². The molecule has 0 aliphatic heterocycles. The van der Waals surface area contributed by atoms with Gasteiger partial charge in [-0.1, -0.05) is 296 Å². The second kappa shape index (κ2) is 53.0. The highest BCUT2D eigenvalue weighted by Crippen LogP contribution is 2.18. The molecule has 0 aromatic rings. The van der Waals surface area contributed by atoms with E-state index in [0.717, 1.165) is 38.5 Å². The number of unbranched alkanes of at least 4 members (excludes halogenated alkanes) is 43. The number of allylic oxidation sites excluding steroid dienone is 2. The number of rotatable bonds is 54. The van der Waals surface area contributed by atoms with Gasteiger partial charge in [-0.15, -0.1) is 0 Å². The van der Waals surface area contributed by atoms with Crippen LogP contribution in [0.5, 0.6) is 0 Å². The molecule has 0 aromatic carbocycles. The van der Waals surface area contributed by atoms with E-state index in [1.165, 1.54) is 257 Å². The Hall–Kier alpha value is -0.950. The first kappa shape index (κ1) is 63.0. The molecule has 0 aromatic heterocycles. The van der Waals surface area contributed by atoms with Crippen LogP contribution < -0.4 is 5.32 Å². The molecule has 0 heterocycles. The van der Waals surface area contributed by atoms with Crippen LogP contribution in [0.1, 0.15) is 322 Å². The first-order chi connectivity index (χ1) is 31.5. The predicted octanol–water partition coefficient (Wildman–Crippen LogP) is 16.9. The summed E-state index contributed by atoms with van der Waals surface area (Å²) in [6, 6.07) is -0.983. The second-order valence-electron chi connectivity index (χ2n) is 20.3. The highest BCUT2D eigenvalue weighted by molar-refractivity contribution is 5.80. The van der Waals surface area contributed by atoms with Gasteiger partial charge in [-0.25, -0.2) is 0 Å². The lowest BCUT2D eigenvalue weighted by molar-refractivity contribution is -0.132. The standard InChI is InChI=1S/C58H115NO5/c1-3-5-7-9-11-13-15-17-19-21-23-24-25-26-27-28-29-30-31-32-34-36-38-40-42-44-46-48-50-52-56(62)58(64)59-54(53-60)57(63)55(61)51-49-47-45-43-41-39-37-35-33-22-20-18-16-14-12-10-8-6-4-2/h26-27,54-57,60-63H,3-25,28-53H2,1-2H3,(H,59,64)/b27-26-. The van der Waals surface area contributed by atoms with Crippen LogP contribution in [0.15, 0.2) is 12.2 Å². The maximum atomic E-state index is 12.6. The lowest BCUT2D eigenvalue weighted by Crippen LogP contribution is -2.53. The van der Waals surface area contributed by atoms with E-state index >= 15 is 0 Å². The maximum Gasteiger partial charge on any atom is 0.249 e. The van der Waals surface area contributed by atoms with Crippen molar-refractivity contribution in [2.75, 3.05) is 6.61 Å². The highest BCUT2D eigenvalue weighted by Gasteiger charge is 2.28. The van der Waals surface area contributed by atoms with Crippen LogP contribution >= 0.6 is 0 Å². The molecule has 0 fully saturated rings. The fourth-order valence-electron chi connectivity index (χ4n) is 9.40. The number of carbonyl (C=O) groups excluding carboxylic acids is 1. The molecule has 0 aliphatic rings. The van der Waals surface area contributed by atoms with Gasteiger partial charge in [0.1, 0.15) is 12.2 Å². The van der Waals surface area contributed by atoms with Crippen molar-refractivity contribution in [3.05, 3.63) is 12.2 Å². The molecule has 5 N–H and O–H groups in total. The summed E-state index contributed by atoms with van der Waals surface area (Å²) in [5, 5.41) is 44.0. The zero-order valence-corrected chi connectivity index (χ0v) is 43.3. The molecule has 0 rings (SSSR count). The summed E-state index contributed by atoms with van der Waals surface area (Å²) in [7, 11) is 0. The van der Waals surface area contributed by atoms with Gasteiger partial charge >= 0.3 is 0 Å². The van der Waals surface area contributed by atoms with Crippen molar-refractivity contribution in [3.8, 4) is 0 Å². The zero-order chi connectivity index (χ0) is 46.7. The molecule has 0 radical (unpaired) electrons.